The summed E-state index contributed by atoms with van der Waals surface area (Å²) in [5.74, 6) is -0.999. The van der Waals surface area contributed by atoms with Gasteiger partial charge in [-0.15, -0.1) is 0 Å². The Balaban J connectivity index is 2.87. The predicted octanol–water partition coefficient (Wildman–Crippen LogP) is 2.99. The third-order valence-electron chi connectivity index (χ3n) is 1.53. The van der Waals surface area contributed by atoms with Gasteiger partial charge in [0.2, 0.25) is 5.91 Å². The maximum atomic E-state index is 13.2. The summed E-state index contributed by atoms with van der Waals surface area (Å²) in [6.07, 6.45) is 2.87. The third-order valence-corrected chi connectivity index (χ3v) is 1.82. The summed E-state index contributed by atoms with van der Waals surface area (Å²) >= 11 is 5.53. The van der Waals surface area contributed by atoms with E-state index in [-0.39, 0.29) is 16.6 Å². The molecule has 0 saturated heterocycles. The van der Waals surface area contributed by atoms with Crippen LogP contribution in [0.2, 0.25) is 5.02 Å². The molecule has 4 heteroatoms. The number of nitrogens with one attached hydrogen (secondary N) is 1. The van der Waals surface area contributed by atoms with E-state index in [1.807, 2.05) is 0 Å². The molecule has 1 rings (SSSR count). The highest BCUT2D eigenvalue weighted by Crippen LogP contribution is 2.21. The Morgan fingerprint density at radius 3 is 2.93 bits per heavy atom. The van der Waals surface area contributed by atoms with Crippen molar-refractivity contribution in [3.05, 3.63) is 41.2 Å². The molecular weight excluding hydrogens is 205 g/mol. The zero-order valence-electron chi connectivity index (χ0n) is 7.55. The van der Waals surface area contributed by atoms with Crippen molar-refractivity contribution in [3.8, 4) is 0 Å². The van der Waals surface area contributed by atoms with E-state index in [1.54, 1.807) is 19.1 Å². The molecule has 0 unspecified atom stereocenters. The molecule has 0 aliphatic heterocycles. The molecule has 1 aromatic rings. The number of anilines is 1. The van der Waals surface area contributed by atoms with Gasteiger partial charge in [0, 0.05) is 0 Å². The van der Waals surface area contributed by atoms with Crippen molar-refractivity contribution in [2.75, 3.05) is 5.32 Å². The van der Waals surface area contributed by atoms with Crippen LogP contribution in [-0.2, 0) is 4.79 Å². The molecule has 0 radical (unpaired) electrons. The molecule has 0 heterocycles. The lowest BCUT2D eigenvalue weighted by molar-refractivity contribution is -0.111. The fourth-order valence-corrected chi connectivity index (χ4v) is 1.10. The predicted molar refractivity (Wildman–Crippen MR) is 54.9 cm³/mol. The summed E-state index contributed by atoms with van der Waals surface area (Å²) in [5.41, 5.74) is 0.0839. The molecule has 2 nitrogen and oxygen atoms in total. The van der Waals surface area contributed by atoms with Crippen molar-refractivity contribution in [3.63, 3.8) is 0 Å². The summed E-state index contributed by atoms with van der Waals surface area (Å²) in [6, 6.07) is 4.43. The molecule has 74 valence electrons. The molecule has 0 saturated carbocycles. The van der Waals surface area contributed by atoms with Crippen molar-refractivity contribution >= 4 is 23.2 Å². The van der Waals surface area contributed by atoms with E-state index in [0.717, 1.165) is 0 Å². The highest BCUT2D eigenvalue weighted by molar-refractivity contribution is 6.31. The molecular formula is C10H9ClFNO. The molecule has 0 bridgehead atoms. The maximum absolute atomic E-state index is 13.2. The van der Waals surface area contributed by atoms with E-state index >= 15 is 0 Å². The maximum Gasteiger partial charge on any atom is 0.248 e. The Labute approximate surface area is 86.4 Å². The van der Waals surface area contributed by atoms with E-state index < -0.39 is 5.82 Å². The van der Waals surface area contributed by atoms with Gasteiger partial charge in [-0.3, -0.25) is 4.79 Å². The first kappa shape index (κ1) is 10.7. The van der Waals surface area contributed by atoms with Crippen LogP contribution in [0.15, 0.2) is 30.4 Å². The molecule has 0 aromatic heterocycles. The molecule has 0 aliphatic carbocycles. The minimum absolute atomic E-state index is 0.0109. The van der Waals surface area contributed by atoms with Crippen LogP contribution in [0.25, 0.3) is 0 Å². The van der Waals surface area contributed by atoms with Crippen molar-refractivity contribution in [1.29, 1.82) is 0 Å². The number of hydrogen-bond donors (Lipinski definition) is 1. The van der Waals surface area contributed by atoms with Gasteiger partial charge in [0.25, 0.3) is 0 Å². The minimum atomic E-state index is -0.619. The molecule has 0 spiro atoms. The van der Waals surface area contributed by atoms with E-state index in [0.29, 0.717) is 0 Å². The number of allylic oxidation sites excluding steroid dienone is 1. The summed E-state index contributed by atoms with van der Waals surface area (Å²) in [6.45, 7) is 1.70. The van der Waals surface area contributed by atoms with E-state index in [1.165, 1.54) is 18.2 Å². The van der Waals surface area contributed by atoms with E-state index in [9.17, 15) is 9.18 Å². The average molecular weight is 214 g/mol. The van der Waals surface area contributed by atoms with E-state index in [4.69, 9.17) is 11.6 Å². The zero-order chi connectivity index (χ0) is 10.6. The van der Waals surface area contributed by atoms with Gasteiger partial charge in [0.15, 0.2) is 5.82 Å². The first-order valence-electron chi connectivity index (χ1n) is 4.03. The quantitative estimate of drug-likeness (QED) is 0.752. The van der Waals surface area contributed by atoms with Gasteiger partial charge in [-0.25, -0.2) is 4.39 Å². The van der Waals surface area contributed by atoms with Crippen LogP contribution in [0.4, 0.5) is 10.1 Å². The SMILES string of the molecule is CC=CC(=O)Nc1cccc(Cl)c1F. The molecule has 0 atom stereocenters. The molecule has 1 N–H and O–H groups in total. The fraction of sp³-hybridized carbons (Fsp3) is 0.100. The van der Waals surface area contributed by atoms with Crippen LogP contribution in [0.1, 0.15) is 6.92 Å². The summed E-state index contributed by atoms with van der Waals surface area (Å²) in [7, 11) is 0. The van der Waals surface area contributed by atoms with Crippen LogP contribution in [0.5, 0.6) is 0 Å². The number of carbonyl (C=O) groups excluding carboxylic acids is 1. The van der Waals surface area contributed by atoms with Crippen molar-refractivity contribution in [2.24, 2.45) is 0 Å². The number of halogens is 2. The van der Waals surface area contributed by atoms with Gasteiger partial charge < -0.3 is 5.32 Å². The molecule has 0 fully saturated rings. The van der Waals surface area contributed by atoms with Crippen LogP contribution in [-0.4, -0.2) is 5.91 Å². The highest BCUT2D eigenvalue weighted by Gasteiger charge is 2.07. The lowest BCUT2D eigenvalue weighted by Gasteiger charge is -2.04. The first-order valence-corrected chi connectivity index (χ1v) is 4.40. The monoisotopic (exact) mass is 213 g/mol. The Morgan fingerprint density at radius 1 is 1.57 bits per heavy atom. The average Bonchev–Trinajstić information content (AvgIpc) is 2.13. The lowest BCUT2D eigenvalue weighted by Crippen LogP contribution is -2.09. The number of benzene rings is 1. The standard InChI is InChI=1S/C10H9ClFNO/c1-2-4-9(14)13-8-6-3-5-7(11)10(8)12/h2-6H,1H3,(H,13,14). The largest absolute Gasteiger partial charge is 0.320 e. The first-order chi connectivity index (χ1) is 6.65. The second kappa shape index (κ2) is 4.77. The highest BCUT2D eigenvalue weighted by atomic mass is 35.5. The number of amides is 1. The van der Waals surface area contributed by atoms with Gasteiger partial charge in [0.1, 0.15) is 0 Å². The van der Waals surface area contributed by atoms with Crippen molar-refractivity contribution in [2.45, 2.75) is 6.92 Å². The third kappa shape index (κ3) is 2.57. The van der Waals surface area contributed by atoms with E-state index in [2.05, 4.69) is 5.32 Å². The minimum Gasteiger partial charge on any atom is -0.320 e. The van der Waals surface area contributed by atoms with Crippen LogP contribution >= 0.6 is 11.6 Å². The fourth-order valence-electron chi connectivity index (χ4n) is 0.926. The Bertz CT molecular complexity index is 376. The molecule has 1 aromatic carbocycles. The number of carbonyl (C=O) groups is 1. The van der Waals surface area contributed by atoms with Gasteiger partial charge in [-0.05, 0) is 25.1 Å². The van der Waals surface area contributed by atoms with Gasteiger partial charge in [-0.2, -0.15) is 0 Å². The Kier molecular flexibility index (Phi) is 3.65. The van der Waals surface area contributed by atoms with Gasteiger partial charge in [0.05, 0.1) is 10.7 Å². The number of rotatable bonds is 2. The lowest BCUT2D eigenvalue weighted by atomic mass is 10.3. The topological polar surface area (TPSA) is 29.1 Å². The Morgan fingerprint density at radius 2 is 2.29 bits per heavy atom. The number of hydrogen-bond acceptors (Lipinski definition) is 1. The zero-order valence-corrected chi connectivity index (χ0v) is 8.31. The van der Waals surface area contributed by atoms with Gasteiger partial charge in [-0.1, -0.05) is 23.7 Å². The second-order valence-electron chi connectivity index (χ2n) is 2.59. The smallest absolute Gasteiger partial charge is 0.248 e. The van der Waals surface area contributed by atoms with Crippen molar-refractivity contribution in [1.82, 2.24) is 0 Å². The second-order valence-corrected chi connectivity index (χ2v) is 3.00. The van der Waals surface area contributed by atoms with Crippen molar-refractivity contribution < 1.29 is 9.18 Å². The molecule has 0 aliphatic rings. The van der Waals surface area contributed by atoms with Crippen LogP contribution < -0.4 is 5.32 Å². The van der Waals surface area contributed by atoms with Crippen LogP contribution in [0.3, 0.4) is 0 Å². The Hall–Kier alpha value is -1.35. The normalized spacial score (nSPS) is 10.5. The summed E-state index contributed by atoms with van der Waals surface area (Å²) in [4.78, 5) is 11.1. The summed E-state index contributed by atoms with van der Waals surface area (Å²) in [5, 5.41) is 2.36. The molecule has 1 amide bonds. The van der Waals surface area contributed by atoms with Gasteiger partial charge >= 0.3 is 0 Å². The van der Waals surface area contributed by atoms with Crippen LogP contribution in [0, 0.1) is 5.82 Å². The molecule has 14 heavy (non-hydrogen) atoms. The summed E-state index contributed by atoms with van der Waals surface area (Å²) < 4.78 is 13.2.